The number of furan rings is 1. The molecule has 0 N–H and O–H groups in total. The Morgan fingerprint density at radius 2 is 1.62 bits per heavy atom. The molecule has 110 valence electrons. The highest BCUT2D eigenvalue weighted by molar-refractivity contribution is 5.89. The third-order valence-corrected chi connectivity index (χ3v) is 3.02. The van der Waals surface area contributed by atoms with E-state index in [0.29, 0.717) is 17.7 Å². The van der Waals surface area contributed by atoms with Gasteiger partial charge in [0.1, 0.15) is 17.9 Å². The van der Waals surface area contributed by atoms with Gasteiger partial charge in [0.25, 0.3) is 0 Å². The van der Waals surface area contributed by atoms with Gasteiger partial charge in [0.05, 0.1) is 19.8 Å². The summed E-state index contributed by atoms with van der Waals surface area (Å²) in [6.45, 7) is 0. The van der Waals surface area contributed by atoms with Gasteiger partial charge < -0.3 is 13.9 Å². The molecule has 2 aromatic rings. The molecule has 0 amide bonds. The van der Waals surface area contributed by atoms with E-state index in [1.165, 1.54) is 14.2 Å². The zero-order valence-electron chi connectivity index (χ0n) is 11.9. The Kier molecular flexibility index (Phi) is 4.77. The topological polar surface area (TPSA) is 65.7 Å². The van der Waals surface area contributed by atoms with Crippen molar-refractivity contribution in [3.8, 4) is 0 Å². The van der Waals surface area contributed by atoms with Crippen LogP contribution in [0.4, 0.5) is 0 Å². The van der Waals surface area contributed by atoms with Gasteiger partial charge in [0.15, 0.2) is 0 Å². The Labute approximate surface area is 122 Å². The molecule has 0 saturated heterocycles. The molecule has 0 aliphatic heterocycles. The first-order valence-corrected chi connectivity index (χ1v) is 6.44. The second-order valence-corrected chi connectivity index (χ2v) is 4.49. The molecule has 0 spiro atoms. The molecule has 0 atom stereocenters. The van der Waals surface area contributed by atoms with Crippen LogP contribution in [0.2, 0.25) is 0 Å². The maximum atomic E-state index is 11.3. The normalized spacial score (nSPS) is 10.2. The van der Waals surface area contributed by atoms with Crippen LogP contribution in [0.15, 0.2) is 40.8 Å². The van der Waals surface area contributed by atoms with E-state index in [1.54, 1.807) is 18.2 Å². The number of rotatable bonds is 5. The lowest BCUT2D eigenvalue weighted by molar-refractivity contribution is -0.140. The molecule has 0 fully saturated rings. The molecule has 0 aliphatic rings. The minimum Gasteiger partial charge on any atom is -0.469 e. The second kappa shape index (κ2) is 6.74. The Hall–Kier alpha value is -2.56. The highest BCUT2D eigenvalue weighted by atomic mass is 16.5. The van der Waals surface area contributed by atoms with Gasteiger partial charge in [0, 0.05) is 6.42 Å². The molecule has 0 aliphatic carbocycles. The average molecular weight is 288 g/mol. The molecule has 1 aromatic carbocycles. The molecule has 1 aromatic heterocycles. The predicted molar refractivity (Wildman–Crippen MR) is 75.0 cm³/mol. The van der Waals surface area contributed by atoms with Gasteiger partial charge in [0.2, 0.25) is 0 Å². The molecule has 21 heavy (non-hydrogen) atoms. The quantitative estimate of drug-likeness (QED) is 0.790. The monoisotopic (exact) mass is 288 g/mol. The third-order valence-electron chi connectivity index (χ3n) is 3.02. The van der Waals surface area contributed by atoms with Crippen molar-refractivity contribution in [3.05, 3.63) is 59.0 Å². The van der Waals surface area contributed by atoms with Gasteiger partial charge in [-0.1, -0.05) is 12.1 Å². The van der Waals surface area contributed by atoms with Gasteiger partial charge in [-0.25, -0.2) is 4.79 Å². The molecule has 2 rings (SSSR count). The zero-order chi connectivity index (χ0) is 15.2. The molecular formula is C16H16O5. The fourth-order valence-corrected chi connectivity index (χ4v) is 1.90. The smallest absolute Gasteiger partial charge is 0.337 e. The van der Waals surface area contributed by atoms with Gasteiger partial charge in [-0.15, -0.1) is 0 Å². The SMILES string of the molecule is COC(=O)Cc1ccc(Cc2ccc(C(=O)OC)cc2)o1. The van der Waals surface area contributed by atoms with Crippen LogP contribution in [0.5, 0.6) is 0 Å². The molecule has 5 heteroatoms. The molecule has 0 unspecified atom stereocenters. The van der Waals surface area contributed by atoms with Crippen LogP contribution in [-0.2, 0) is 27.1 Å². The fourth-order valence-electron chi connectivity index (χ4n) is 1.90. The second-order valence-electron chi connectivity index (χ2n) is 4.49. The lowest BCUT2D eigenvalue weighted by atomic mass is 10.1. The van der Waals surface area contributed by atoms with Gasteiger partial charge >= 0.3 is 11.9 Å². The first-order valence-electron chi connectivity index (χ1n) is 6.44. The van der Waals surface area contributed by atoms with Crippen LogP contribution < -0.4 is 0 Å². The Balaban J connectivity index is 2.01. The van der Waals surface area contributed by atoms with Gasteiger partial charge in [-0.3, -0.25) is 4.79 Å². The lowest BCUT2D eigenvalue weighted by Crippen LogP contribution is -2.03. The Morgan fingerprint density at radius 3 is 2.24 bits per heavy atom. The third kappa shape index (κ3) is 3.95. The van der Waals surface area contributed by atoms with Crippen molar-refractivity contribution in [2.45, 2.75) is 12.8 Å². The number of carbonyl (C=O) groups excluding carboxylic acids is 2. The van der Waals surface area contributed by atoms with Gasteiger partial charge in [-0.05, 0) is 29.8 Å². The van der Waals surface area contributed by atoms with E-state index in [0.717, 1.165) is 11.3 Å². The van der Waals surface area contributed by atoms with Crippen LogP contribution in [0.25, 0.3) is 0 Å². The molecular weight excluding hydrogens is 272 g/mol. The summed E-state index contributed by atoms with van der Waals surface area (Å²) in [5.41, 5.74) is 1.51. The highest BCUT2D eigenvalue weighted by Gasteiger charge is 2.09. The van der Waals surface area contributed by atoms with Crippen LogP contribution in [-0.4, -0.2) is 26.2 Å². The van der Waals surface area contributed by atoms with E-state index >= 15 is 0 Å². The summed E-state index contributed by atoms with van der Waals surface area (Å²) >= 11 is 0. The van der Waals surface area contributed by atoms with Gasteiger partial charge in [-0.2, -0.15) is 0 Å². The largest absolute Gasteiger partial charge is 0.469 e. The summed E-state index contributed by atoms with van der Waals surface area (Å²) in [5.74, 6) is 0.626. The Morgan fingerprint density at radius 1 is 0.952 bits per heavy atom. The number of ether oxygens (including phenoxy) is 2. The summed E-state index contributed by atoms with van der Waals surface area (Å²) < 4.78 is 14.8. The van der Waals surface area contributed by atoms with Crippen molar-refractivity contribution in [1.82, 2.24) is 0 Å². The molecule has 1 heterocycles. The average Bonchev–Trinajstić information content (AvgIpc) is 2.94. The fraction of sp³-hybridized carbons (Fsp3) is 0.250. The minimum absolute atomic E-state index is 0.123. The van der Waals surface area contributed by atoms with Crippen LogP contribution in [0, 0.1) is 0 Å². The molecule has 0 bridgehead atoms. The van der Waals surface area contributed by atoms with Crippen LogP contribution >= 0.6 is 0 Å². The molecule has 0 radical (unpaired) electrons. The number of benzene rings is 1. The lowest BCUT2D eigenvalue weighted by Gasteiger charge is -2.02. The maximum absolute atomic E-state index is 11.3. The zero-order valence-corrected chi connectivity index (χ0v) is 11.9. The van der Waals surface area contributed by atoms with E-state index in [1.807, 2.05) is 18.2 Å². The first-order chi connectivity index (χ1) is 10.1. The molecule has 5 nitrogen and oxygen atoms in total. The number of hydrogen-bond acceptors (Lipinski definition) is 5. The minimum atomic E-state index is -0.361. The van der Waals surface area contributed by atoms with Crippen LogP contribution in [0.1, 0.15) is 27.4 Å². The van der Waals surface area contributed by atoms with Crippen molar-refractivity contribution in [3.63, 3.8) is 0 Å². The maximum Gasteiger partial charge on any atom is 0.337 e. The summed E-state index contributed by atoms with van der Waals surface area (Å²) in [5, 5.41) is 0. The van der Waals surface area contributed by atoms with E-state index in [4.69, 9.17) is 4.42 Å². The number of esters is 2. The van der Waals surface area contributed by atoms with Crippen molar-refractivity contribution in [2.75, 3.05) is 14.2 Å². The van der Waals surface area contributed by atoms with Crippen molar-refractivity contribution in [2.24, 2.45) is 0 Å². The molecule has 0 saturated carbocycles. The summed E-state index contributed by atoms with van der Waals surface area (Å²) in [7, 11) is 2.69. The first kappa shape index (κ1) is 14.8. The number of hydrogen-bond donors (Lipinski definition) is 0. The van der Waals surface area contributed by atoms with Crippen molar-refractivity contribution >= 4 is 11.9 Å². The Bertz CT molecular complexity index is 624. The summed E-state index contributed by atoms with van der Waals surface area (Å²) in [6.07, 6.45) is 0.709. The number of methoxy groups -OCH3 is 2. The highest BCUT2D eigenvalue weighted by Crippen LogP contribution is 2.15. The van der Waals surface area contributed by atoms with Crippen LogP contribution in [0.3, 0.4) is 0 Å². The predicted octanol–water partition coefficient (Wildman–Crippen LogP) is 2.37. The standard InChI is InChI=1S/C16H16O5/c1-19-15(17)10-14-8-7-13(21-14)9-11-3-5-12(6-4-11)16(18)20-2/h3-8H,9-10H2,1-2H3. The summed E-state index contributed by atoms with van der Waals surface area (Å²) in [4.78, 5) is 22.5. The van der Waals surface area contributed by atoms with E-state index in [-0.39, 0.29) is 18.4 Å². The van der Waals surface area contributed by atoms with Crippen molar-refractivity contribution < 1.29 is 23.5 Å². The van der Waals surface area contributed by atoms with E-state index in [2.05, 4.69) is 9.47 Å². The number of carbonyl (C=O) groups is 2. The van der Waals surface area contributed by atoms with Crippen molar-refractivity contribution in [1.29, 1.82) is 0 Å². The van der Waals surface area contributed by atoms with E-state index < -0.39 is 0 Å². The van der Waals surface area contributed by atoms with E-state index in [9.17, 15) is 9.59 Å². The summed E-state index contributed by atoms with van der Waals surface area (Å²) in [6, 6.07) is 10.7.